The SMILES string of the molecule is CCNCc1ncncc1Br. The summed E-state index contributed by atoms with van der Waals surface area (Å²) >= 11 is 3.36. The van der Waals surface area contributed by atoms with Crippen molar-refractivity contribution in [1.29, 1.82) is 0 Å². The third-order valence-corrected chi connectivity index (χ3v) is 1.95. The van der Waals surface area contributed by atoms with Crippen LogP contribution in [0, 0.1) is 0 Å². The van der Waals surface area contributed by atoms with Crippen LogP contribution in [0.3, 0.4) is 0 Å². The van der Waals surface area contributed by atoms with Gasteiger partial charge in [-0.05, 0) is 22.5 Å². The first kappa shape index (κ1) is 8.62. The van der Waals surface area contributed by atoms with E-state index in [1.165, 1.54) is 0 Å². The predicted octanol–water partition coefficient (Wildman–Crippen LogP) is 1.35. The van der Waals surface area contributed by atoms with E-state index in [1.54, 1.807) is 12.5 Å². The van der Waals surface area contributed by atoms with Gasteiger partial charge in [-0.25, -0.2) is 9.97 Å². The zero-order chi connectivity index (χ0) is 8.10. The summed E-state index contributed by atoms with van der Waals surface area (Å²) in [5.41, 5.74) is 1.00. The summed E-state index contributed by atoms with van der Waals surface area (Å²) < 4.78 is 0.959. The molecule has 11 heavy (non-hydrogen) atoms. The lowest BCUT2D eigenvalue weighted by Crippen LogP contribution is -2.13. The highest BCUT2D eigenvalue weighted by Gasteiger charge is 1.97. The Bertz CT molecular complexity index is 227. The highest BCUT2D eigenvalue weighted by Crippen LogP contribution is 2.10. The summed E-state index contributed by atoms with van der Waals surface area (Å²) in [6.45, 7) is 3.81. The van der Waals surface area contributed by atoms with Gasteiger partial charge in [0, 0.05) is 12.7 Å². The Morgan fingerprint density at radius 1 is 1.64 bits per heavy atom. The van der Waals surface area contributed by atoms with Crippen LogP contribution in [0.15, 0.2) is 17.0 Å². The summed E-state index contributed by atoms with van der Waals surface area (Å²) in [5, 5.41) is 3.19. The minimum atomic E-state index is 0.791. The van der Waals surface area contributed by atoms with Gasteiger partial charge in [0.25, 0.3) is 0 Å². The maximum Gasteiger partial charge on any atom is 0.115 e. The topological polar surface area (TPSA) is 37.8 Å². The van der Waals surface area contributed by atoms with E-state index in [4.69, 9.17) is 0 Å². The van der Waals surface area contributed by atoms with E-state index >= 15 is 0 Å². The van der Waals surface area contributed by atoms with Gasteiger partial charge in [-0.1, -0.05) is 6.92 Å². The first-order chi connectivity index (χ1) is 5.34. The fourth-order valence-electron chi connectivity index (χ4n) is 0.711. The smallest absolute Gasteiger partial charge is 0.115 e. The van der Waals surface area contributed by atoms with E-state index in [0.29, 0.717) is 0 Å². The summed E-state index contributed by atoms with van der Waals surface area (Å²) in [6, 6.07) is 0. The lowest BCUT2D eigenvalue weighted by molar-refractivity contribution is 0.705. The number of aromatic nitrogens is 2. The van der Waals surface area contributed by atoms with E-state index in [9.17, 15) is 0 Å². The molecule has 0 aliphatic rings. The van der Waals surface area contributed by atoms with Crippen LogP contribution in [0.4, 0.5) is 0 Å². The monoisotopic (exact) mass is 215 g/mol. The van der Waals surface area contributed by atoms with Crippen LogP contribution in [0.5, 0.6) is 0 Å². The number of hydrogen-bond donors (Lipinski definition) is 1. The molecule has 60 valence electrons. The molecule has 3 nitrogen and oxygen atoms in total. The Hall–Kier alpha value is -0.480. The molecule has 0 aliphatic carbocycles. The zero-order valence-electron chi connectivity index (χ0n) is 6.34. The first-order valence-electron chi connectivity index (χ1n) is 3.49. The van der Waals surface area contributed by atoms with E-state index in [-0.39, 0.29) is 0 Å². The second kappa shape index (κ2) is 4.41. The molecule has 0 bridgehead atoms. The van der Waals surface area contributed by atoms with Crippen LogP contribution in [0.2, 0.25) is 0 Å². The molecule has 0 fully saturated rings. The largest absolute Gasteiger partial charge is 0.311 e. The van der Waals surface area contributed by atoms with Crippen LogP contribution in [-0.2, 0) is 6.54 Å². The summed E-state index contributed by atoms with van der Waals surface area (Å²) in [4.78, 5) is 7.96. The maximum atomic E-state index is 4.10. The van der Waals surface area contributed by atoms with Gasteiger partial charge in [0.05, 0.1) is 10.2 Å². The molecule has 0 spiro atoms. The quantitative estimate of drug-likeness (QED) is 0.828. The van der Waals surface area contributed by atoms with Crippen molar-refractivity contribution in [2.24, 2.45) is 0 Å². The molecule has 0 amide bonds. The van der Waals surface area contributed by atoms with Crippen molar-refractivity contribution >= 4 is 15.9 Å². The lowest BCUT2D eigenvalue weighted by Gasteiger charge is -2.01. The molecule has 1 N–H and O–H groups in total. The standard InChI is InChI=1S/C7H10BrN3/c1-2-9-4-7-6(8)3-10-5-11-7/h3,5,9H,2,4H2,1H3. The van der Waals surface area contributed by atoms with Crippen molar-refractivity contribution in [2.75, 3.05) is 6.54 Å². The Morgan fingerprint density at radius 2 is 2.45 bits per heavy atom. The van der Waals surface area contributed by atoms with Gasteiger partial charge in [0.2, 0.25) is 0 Å². The Morgan fingerprint density at radius 3 is 3.09 bits per heavy atom. The molecule has 0 aromatic carbocycles. The molecule has 0 saturated heterocycles. The van der Waals surface area contributed by atoms with E-state index in [1.807, 2.05) is 0 Å². The minimum absolute atomic E-state index is 0.791. The fraction of sp³-hybridized carbons (Fsp3) is 0.429. The third-order valence-electron chi connectivity index (χ3n) is 1.29. The molecule has 1 aromatic rings. The molecule has 0 aliphatic heterocycles. The molecular weight excluding hydrogens is 206 g/mol. The van der Waals surface area contributed by atoms with Gasteiger partial charge in [-0.15, -0.1) is 0 Å². The summed E-state index contributed by atoms with van der Waals surface area (Å²) in [6.07, 6.45) is 3.30. The second-order valence-corrected chi connectivity index (χ2v) is 2.95. The molecular formula is C7H10BrN3. The predicted molar refractivity (Wildman–Crippen MR) is 47.1 cm³/mol. The Balaban J connectivity index is 2.62. The van der Waals surface area contributed by atoms with Gasteiger partial charge in [0.1, 0.15) is 6.33 Å². The molecule has 1 rings (SSSR count). The van der Waals surface area contributed by atoms with E-state index < -0.39 is 0 Å². The summed E-state index contributed by atoms with van der Waals surface area (Å²) in [5.74, 6) is 0. The van der Waals surface area contributed by atoms with Crippen LogP contribution in [0.1, 0.15) is 12.6 Å². The molecule has 1 heterocycles. The van der Waals surface area contributed by atoms with Gasteiger partial charge < -0.3 is 5.32 Å². The molecule has 0 unspecified atom stereocenters. The van der Waals surface area contributed by atoms with Crippen molar-refractivity contribution in [1.82, 2.24) is 15.3 Å². The molecule has 1 aromatic heterocycles. The van der Waals surface area contributed by atoms with Crippen molar-refractivity contribution in [3.8, 4) is 0 Å². The highest BCUT2D eigenvalue weighted by molar-refractivity contribution is 9.10. The van der Waals surface area contributed by atoms with E-state index in [0.717, 1.165) is 23.3 Å². The van der Waals surface area contributed by atoms with Gasteiger partial charge in [-0.2, -0.15) is 0 Å². The van der Waals surface area contributed by atoms with Crippen molar-refractivity contribution in [3.05, 3.63) is 22.7 Å². The average molecular weight is 216 g/mol. The normalized spacial score (nSPS) is 10.0. The number of nitrogens with one attached hydrogen (secondary N) is 1. The van der Waals surface area contributed by atoms with Gasteiger partial charge in [0.15, 0.2) is 0 Å². The Labute approximate surface area is 74.4 Å². The second-order valence-electron chi connectivity index (χ2n) is 2.10. The van der Waals surface area contributed by atoms with Crippen molar-refractivity contribution in [2.45, 2.75) is 13.5 Å². The molecule has 0 saturated carbocycles. The fourth-order valence-corrected chi connectivity index (χ4v) is 1.07. The molecule has 0 atom stereocenters. The zero-order valence-corrected chi connectivity index (χ0v) is 7.93. The maximum absolute atomic E-state index is 4.10. The van der Waals surface area contributed by atoms with Crippen LogP contribution in [0.25, 0.3) is 0 Å². The van der Waals surface area contributed by atoms with Crippen LogP contribution < -0.4 is 5.32 Å². The van der Waals surface area contributed by atoms with Crippen molar-refractivity contribution < 1.29 is 0 Å². The molecule has 0 radical (unpaired) electrons. The average Bonchev–Trinajstić information content (AvgIpc) is 2.03. The number of nitrogens with zero attached hydrogens (tertiary/aromatic N) is 2. The highest BCUT2D eigenvalue weighted by atomic mass is 79.9. The third kappa shape index (κ3) is 2.55. The molecule has 4 heteroatoms. The van der Waals surface area contributed by atoms with Gasteiger partial charge >= 0.3 is 0 Å². The van der Waals surface area contributed by atoms with Crippen molar-refractivity contribution in [3.63, 3.8) is 0 Å². The minimum Gasteiger partial charge on any atom is -0.311 e. The number of halogens is 1. The summed E-state index contributed by atoms with van der Waals surface area (Å²) in [7, 11) is 0. The lowest BCUT2D eigenvalue weighted by atomic mass is 10.4. The Kier molecular flexibility index (Phi) is 3.45. The first-order valence-corrected chi connectivity index (χ1v) is 4.29. The number of rotatable bonds is 3. The number of hydrogen-bond acceptors (Lipinski definition) is 3. The van der Waals surface area contributed by atoms with Crippen LogP contribution >= 0.6 is 15.9 Å². The van der Waals surface area contributed by atoms with Crippen LogP contribution in [-0.4, -0.2) is 16.5 Å². The van der Waals surface area contributed by atoms with E-state index in [2.05, 4.69) is 38.1 Å². The van der Waals surface area contributed by atoms with Gasteiger partial charge in [-0.3, -0.25) is 0 Å².